The van der Waals surface area contributed by atoms with Crippen LogP contribution in [-0.4, -0.2) is 5.60 Å². The van der Waals surface area contributed by atoms with Crippen LogP contribution in [-0.2, 0) is 9.78 Å². The monoisotopic (exact) mass is 213 g/mol. The molecule has 1 rings (SSSR count). The van der Waals surface area contributed by atoms with Crippen LogP contribution in [0.2, 0.25) is 0 Å². The van der Waals surface area contributed by atoms with Crippen LogP contribution in [0.1, 0.15) is 60.8 Å². The van der Waals surface area contributed by atoms with E-state index < -0.39 is 0 Å². The van der Waals surface area contributed by atoms with Crippen molar-refractivity contribution in [1.29, 1.82) is 0 Å². The van der Waals surface area contributed by atoms with Crippen LogP contribution in [0, 0.1) is 17.4 Å². The fraction of sp³-hybridized carbons (Fsp3) is 0.923. The van der Waals surface area contributed by atoms with Gasteiger partial charge in [0.25, 0.3) is 0 Å². The molecule has 2 nitrogen and oxygen atoms in total. The van der Waals surface area contributed by atoms with Gasteiger partial charge in [-0.1, -0.05) is 20.8 Å². The van der Waals surface area contributed by atoms with Crippen molar-refractivity contribution in [1.82, 2.24) is 0 Å². The quantitative estimate of drug-likeness (QED) is 0.507. The summed E-state index contributed by atoms with van der Waals surface area (Å²) >= 11 is 0. The molecule has 89 valence electrons. The lowest BCUT2D eigenvalue weighted by Crippen LogP contribution is -2.30. The molecule has 0 aliphatic heterocycles. The van der Waals surface area contributed by atoms with Gasteiger partial charge in [0, 0.05) is 0 Å². The maximum Gasteiger partial charge on any atom is 0.136 e. The molecule has 1 aliphatic carbocycles. The summed E-state index contributed by atoms with van der Waals surface area (Å²) in [5.74, 6) is 0.701. The summed E-state index contributed by atoms with van der Waals surface area (Å²) in [7, 11) is 0. The first-order chi connectivity index (χ1) is 6.68. The van der Waals surface area contributed by atoms with Crippen molar-refractivity contribution in [2.75, 3.05) is 0 Å². The Kier molecular flexibility index (Phi) is 3.83. The number of hydrogen-bond acceptors (Lipinski definition) is 2. The molecule has 0 heterocycles. The zero-order valence-corrected chi connectivity index (χ0v) is 11.0. The molecule has 1 atom stereocenters. The molecular weight excluding hydrogens is 188 g/mol. The minimum atomic E-state index is -0.224. The van der Waals surface area contributed by atoms with Crippen molar-refractivity contribution in [3.8, 4) is 0 Å². The molecule has 1 radical (unpaired) electrons. The second kappa shape index (κ2) is 4.42. The lowest BCUT2D eigenvalue weighted by Gasteiger charge is -2.38. The fourth-order valence-electron chi connectivity index (χ4n) is 2.33. The highest BCUT2D eigenvalue weighted by molar-refractivity contribution is 4.93. The highest BCUT2D eigenvalue weighted by Gasteiger charge is 2.34. The van der Waals surface area contributed by atoms with Gasteiger partial charge in [-0.15, -0.1) is 0 Å². The lowest BCUT2D eigenvalue weighted by atomic mass is 9.71. The van der Waals surface area contributed by atoms with Gasteiger partial charge in [-0.25, -0.2) is 9.78 Å². The highest BCUT2D eigenvalue weighted by Crippen LogP contribution is 2.43. The zero-order valence-electron chi connectivity index (χ0n) is 11.0. The summed E-state index contributed by atoms with van der Waals surface area (Å²) < 4.78 is 0. The van der Waals surface area contributed by atoms with Crippen LogP contribution < -0.4 is 0 Å². The molecule has 0 amide bonds. The molecule has 0 bridgehead atoms. The highest BCUT2D eigenvalue weighted by atomic mass is 17.2. The van der Waals surface area contributed by atoms with Crippen molar-refractivity contribution in [3.63, 3.8) is 0 Å². The molecule has 15 heavy (non-hydrogen) atoms. The topological polar surface area (TPSA) is 18.5 Å². The van der Waals surface area contributed by atoms with Crippen LogP contribution in [0.25, 0.3) is 0 Å². The molecule has 0 aromatic rings. The van der Waals surface area contributed by atoms with Crippen LogP contribution >= 0.6 is 0 Å². The van der Waals surface area contributed by atoms with E-state index in [4.69, 9.17) is 9.78 Å². The molecular formula is C13H25O2. The molecule has 0 spiro atoms. The second-order valence-electron chi connectivity index (χ2n) is 6.67. The Morgan fingerprint density at radius 3 is 2.33 bits per heavy atom. The van der Waals surface area contributed by atoms with Gasteiger partial charge >= 0.3 is 0 Å². The third-order valence-corrected chi connectivity index (χ3v) is 2.56. The van der Waals surface area contributed by atoms with E-state index in [0.717, 1.165) is 18.9 Å². The summed E-state index contributed by atoms with van der Waals surface area (Å²) in [5, 5.41) is 0. The molecule has 1 saturated carbocycles. The summed E-state index contributed by atoms with van der Waals surface area (Å²) in [6.07, 6.45) is 4.44. The summed E-state index contributed by atoms with van der Waals surface area (Å²) in [5.41, 5.74) is 0.131. The maximum absolute atomic E-state index is 5.47. The number of rotatable bonds is 2. The predicted molar refractivity (Wildman–Crippen MR) is 62.0 cm³/mol. The van der Waals surface area contributed by atoms with E-state index in [9.17, 15) is 0 Å². The third kappa shape index (κ3) is 4.98. The first kappa shape index (κ1) is 13.0. The smallest absolute Gasteiger partial charge is 0.136 e. The van der Waals surface area contributed by atoms with Gasteiger partial charge in [-0.05, 0) is 51.4 Å². The Balaban J connectivity index is 2.42. The van der Waals surface area contributed by atoms with Crippen molar-refractivity contribution in [3.05, 3.63) is 6.10 Å². The molecule has 0 N–H and O–H groups in total. The van der Waals surface area contributed by atoms with E-state index in [0.29, 0.717) is 11.3 Å². The minimum absolute atomic E-state index is 0.224. The molecule has 2 heteroatoms. The van der Waals surface area contributed by atoms with Gasteiger partial charge in [0.15, 0.2) is 0 Å². The number of hydrogen-bond donors (Lipinski definition) is 0. The van der Waals surface area contributed by atoms with E-state index >= 15 is 0 Å². The molecule has 0 saturated heterocycles. The Bertz CT molecular complexity index is 203. The minimum Gasteiger partial charge on any atom is -0.230 e. The van der Waals surface area contributed by atoms with E-state index in [1.807, 2.05) is 20.8 Å². The average molecular weight is 213 g/mol. The fourth-order valence-corrected chi connectivity index (χ4v) is 2.33. The van der Waals surface area contributed by atoms with Gasteiger partial charge < -0.3 is 0 Å². The zero-order chi connectivity index (χ0) is 11.7. The van der Waals surface area contributed by atoms with Crippen LogP contribution in [0.4, 0.5) is 0 Å². The van der Waals surface area contributed by atoms with Gasteiger partial charge in [0.1, 0.15) is 6.10 Å². The largest absolute Gasteiger partial charge is 0.230 e. The van der Waals surface area contributed by atoms with Gasteiger partial charge in [0.2, 0.25) is 0 Å². The standard InChI is InChI=1S/C13H25O2/c1-10-7-11(9-13(5,6)8-10)14-15-12(2,3)4/h10H,7-9H2,1-6H3. The Hall–Kier alpha value is -0.0800. The normalized spacial score (nSPS) is 28.0. The summed E-state index contributed by atoms with van der Waals surface area (Å²) in [4.78, 5) is 10.8. The summed E-state index contributed by atoms with van der Waals surface area (Å²) in [6, 6.07) is 0. The molecule has 1 aliphatic rings. The third-order valence-electron chi connectivity index (χ3n) is 2.56. The second-order valence-corrected chi connectivity index (χ2v) is 6.67. The van der Waals surface area contributed by atoms with E-state index in [1.54, 1.807) is 0 Å². The van der Waals surface area contributed by atoms with Gasteiger partial charge in [-0.2, -0.15) is 0 Å². The predicted octanol–water partition coefficient (Wildman–Crippen LogP) is 4.11. The van der Waals surface area contributed by atoms with E-state index in [2.05, 4.69) is 20.8 Å². The Labute approximate surface area is 94.3 Å². The van der Waals surface area contributed by atoms with Crippen LogP contribution in [0.5, 0.6) is 0 Å². The van der Waals surface area contributed by atoms with Crippen molar-refractivity contribution >= 4 is 0 Å². The van der Waals surface area contributed by atoms with Crippen LogP contribution in [0.15, 0.2) is 0 Å². The first-order valence-electron chi connectivity index (χ1n) is 5.88. The lowest BCUT2D eigenvalue weighted by molar-refractivity contribution is -0.349. The van der Waals surface area contributed by atoms with Crippen LogP contribution in [0.3, 0.4) is 0 Å². The van der Waals surface area contributed by atoms with Crippen molar-refractivity contribution < 1.29 is 9.78 Å². The van der Waals surface area contributed by atoms with E-state index in [-0.39, 0.29) is 5.60 Å². The van der Waals surface area contributed by atoms with E-state index in [1.165, 1.54) is 6.42 Å². The van der Waals surface area contributed by atoms with Gasteiger partial charge in [0.05, 0.1) is 5.60 Å². The maximum atomic E-state index is 5.47. The van der Waals surface area contributed by atoms with Crippen molar-refractivity contribution in [2.24, 2.45) is 11.3 Å². The SMILES string of the molecule is CC1C[C](OOC(C)(C)C)CC(C)(C)C1. The molecule has 0 aromatic heterocycles. The molecule has 1 unspecified atom stereocenters. The molecule has 1 fully saturated rings. The van der Waals surface area contributed by atoms with Crippen molar-refractivity contribution in [2.45, 2.75) is 66.4 Å². The Morgan fingerprint density at radius 2 is 1.87 bits per heavy atom. The molecule has 0 aromatic carbocycles. The summed E-state index contributed by atoms with van der Waals surface area (Å²) in [6.45, 7) is 12.9. The first-order valence-corrected chi connectivity index (χ1v) is 5.88. The Morgan fingerprint density at radius 1 is 1.27 bits per heavy atom. The van der Waals surface area contributed by atoms with Gasteiger partial charge in [-0.3, -0.25) is 0 Å². The average Bonchev–Trinajstić information content (AvgIpc) is 1.95.